The molecule has 1 fully saturated rings. The van der Waals surface area contributed by atoms with Crippen LogP contribution in [0.2, 0.25) is 0 Å². The number of halogens is 1. The third-order valence-electron chi connectivity index (χ3n) is 2.43. The van der Waals surface area contributed by atoms with Gasteiger partial charge in [0.2, 0.25) is 0 Å². The predicted octanol–water partition coefficient (Wildman–Crippen LogP) is 1.04. The third-order valence-corrected chi connectivity index (χ3v) is 2.88. The van der Waals surface area contributed by atoms with Crippen LogP contribution in [0.5, 0.6) is 0 Å². The van der Waals surface area contributed by atoms with Crippen molar-refractivity contribution in [2.45, 2.75) is 6.92 Å². The second kappa shape index (κ2) is 5.98. The topological polar surface area (TPSA) is 36.9 Å². The van der Waals surface area contributed by atoms with Crippen LogP contribution in [0.4, 0.5) is 0 Å². The Morgan fingerprint density at radius 1 is 1.40 bits per heavy atom. The van der Waals surface area contributed by atoms with Crippen molar-refractivity contribution in [2.24, 2.45) is 4.99 Å². The molecule has 1 saturated heterocycles. The summed E-state index contributed by atoms with van der Waals surface area (Å²) < 4.78 is 5.30. The molecule has 0 atom stereocenters. The SMILES string of the molecule is C/N=C(C)\C(Cl)=C(/NC)N1CCOCC1. The van der Waals surface area contributed by atoms with Crippen molar-refractivity contribution < 1.29 is 4.74 Å². The first-order valence-corrected chi connectivity index (χ1v) is 5.42. The molecule has 15 heavy (non-hydrogen) atoms. The predicted molar refractivity (Wildman–Crippen MR) is 63.4 cm³/mol. The molecule has 0 unspecified atom stereocenters. The number of allylic oxidation sites excluding steroid dienone is 1. The highest BCUT2D eigenvalue weighted by Crippen LogP contribution is 2.14. The number of nitrogens with one attached hydrogen (secondary N) is 1. The third kappa shape index (κ3) is 3.11. The standard InChI is InChI=1S/C10H18ClN3O/c1-8(12-2)9(11)10(13-3)14-4-6-15-7-5-14/h13H,4-7H2,1-3H3/b10-9-,12-8-. The van der Waals surface area contributed by atoms with Gasteiger partial charge in [0, 0.05) is 27.2 Å². The van der Waals surface area contributed by atoms with Gasteiger partial charge < -0.3 is 15.0 Å². The first-order chi connectivity index (χ1) is 7.20. The van der Waals surface area contributed by atoms with Crippen LogP contribution >= 0.6 is 11.6 Å². The maximum absolute atomic E-state index is 6.23. The largest absolute Gasteiger partial charge is 0.378 e. The zero-order valence-corrected chi connectivity index (χ0v) is 10.3. The number of morpholine rings is 1. The van der Waals surface area contributed by atoms with Crippen molar-refractivity contribution in [3.8, 4) is 0 Å². The fraction of sp³-hybridized carbons (Fsp3) is 0.700. The van der Waals surface area contributed by atoms with Gasteiger partial charge >= 0.3 is 0 Å². The Labute approximate surface area is 96.0 Å². The highest BCUT2D eigenvalue weighted by molar-refractivity contribution is 6.43. The van der Waals surface area contributed by atoms with Crippen molar-refractivity contribution >= 4 is 17.3 Å². The molecular weight excluding hydrogens is 214 g/mol. The smallest absolute Gasteiger partial charge is 0.122 e. The lowest BCUT2D eigenvalue weighted by molar-refractivity contribution is 0.0508. The normalized spacial score (nSPS) is 20.0. The number of hydrogen-bond acceptors (Lipinski definition) is 4. The van der Waals surface area contributed by atoms with Crippen LogP contribution in [-0.4, -0.2) is 51.0 Å². The highest BCUT2D eigenvalue weighted by atomic mass is 35.5. The van der Waals surface area contributed by atoms with Crippen molar-refractivity contribution in [1.82, 2.24) is 10.2 Å². The highest BCUT2D eigenvalue weighted by Gasteiger charge is 2.16. The van der Waals surface area contributed by atoms with E-state index in [1.165, 1.54) is 0 Å². The Hall–Kier alpha value is -0.740. The molecule has 0 radical (unpaired) electrons. The van der Waals surface area contributed by atoms with Gasteiger partial charge in [0.05, 0.1) is 18.9 Å². The van der Waals surface area contributed by atoms with E-state index in [1.54, 1.807) is 7.05 Å². The summed E-state index contributed by atoms with van der Waals surface area (Å²) in [5, 5.41) is 3.81. The number of ether oxygens (including phenoxy) is 1. The molecule has 86 valence electrons. The maximum Gasteiger partial charge on any atom is 0.122 e. The van der Waals surface area contributed by atoms with E-state index < -0.39 is 0 Å². The van der Waals surface area contributed by atoms with Gasteiger partial charge in [0.25, 0.3) is 0 Å². The molecule has 5 heteroatoms. The summed E-state index contributed by atoms with van der Waals surface area (Å²) >= 11 is 6.23. The summed E-state index contributed by atoms with van der Waals surface area (Å²) in [6.45, 7) is 5.13. The zero-order chi connectivity index (χ0) is 11.3. The number of rotatable bonds is 3. The molecule has 0 bridgehead atoms. The second-order valence-electron chi connectivity index (χ2n) is 3.32. The lowest BCUT2D eigenvalue weighted by Gasteiger charge is -2.31. The molecule has 0 amide bonds. The van der Waals surface area contributed by atoms with Gasteiger partial charge in [0.15, 0.2) is 0 Å². The zero-order valence-electron chi connectivity index (χ0n) is 9.51. The molecule has 0 aromatic heterocycles. The van der Waals surface area contributed by atoms with Crippen LogP contribution in [0, 0.1) is 0 Å². The Bertz CT molecular complexity index is 270. The minimum absolute atomic E-state index is 0.682. The fourth-order valence-electron chi connectivity index (χ4n) is 1.46. The van der Waals surface area contributed by atoms with E-state index in [0.717, 1.165) is 37.8 Å². The molecule has 0 saturated carbocycles. The molecule has 1 heterocycles. The molecular formula is C10H18ClN3O. The van der Waals surface area contributed by atoms with Gasteiger partial charge in [-0.25, -0.2) is 0 Å². The average molecular weight is 232 g/mol. The van der Waals surface area contributed by atoms with E-state index in [0.29, 0.717) is 5.03 Å². The monoisotopic (exact) mass is 231 g/mol. The van der Waals surface area contributed by atoms with Crippen molar-refractivity contribution in [3.05, 3.63) is 10.9 Å². The van der Waals surface area contributed by atoms with Crippen molar-refractivity contribution in [2.75, 3.05) is 40.4 Å². The van der Waals surface area contributed by atoms with Crippen LogP contribution < -0.4 is 5.32 Å². The molecule has 1 aliphatic rings. The Morgan fingerprint density at radius 3 is 2.47 bits per heavy atom. The molecule has 4 nitrogen and oxygen atoms in total. The van der Waals surface area contributed by atoms with Crippen LogP contribution in [-0.2, 0) is 4.74 Å². The fourth-order valence-corrected chi connectivity index (χ4v) is 1.76. The van der Waals surface area contributed by atoms with Gasteiger partial charge in [-0.3, -0.25) is 4.99 Å². The Kier molecular flexibility index (Phi) is 4.91. The lowest BCUT2D eigenvalue weighted by atomic mass is 10.3. The Morgan fingerprint density at radius 2 is 2.00 bits per heavy atom. The van der Waals surface area contributed by atoms with Crippen molar-refractivity contribution in [1.29, 1.82) is 0 Å². The van der Waals surface area contributed by atoms with Crippen LogP contribution in [0.15, 0.2) is 15.8 Å². The molecule has 1 rings (SSSR count). The number of nitrogens with zero attached hydrogens (tertiary/aromatic N) is 2. The summed E-state index contributed by atoms with van der Waals surface area (Å²) in [5.74, 6) is 0.933. The summed E-state index contributed by atoms with van der Waals surface area (Å²) in [6, 6.07) is 0. The van der Waals surface area contributed by atoms with Gasteiger partial charge in [-0.2, -0.15) is 0 Å². The second-order valence-corrected chi connectivity index (χ2v) is 3.70. The van der Waals surface area contributed by atoms with Gasteiger partial charge in [0.1, 0.15) is 10.9 Å². The molecule has 0 aliphatic carbocycles. The summed E-state index contributed by atoms with van der Waals surface area (Å²) in [5.41, 5.74) is 0.840. The summed E-state index contributed by atoms with van der Waals surface area (Å²) in [4.78, 5) is 6.26. The molecule has 0 spiro atoms. The summed E-state index contributed by atoms with van der Waals surface area (Å²) in [7, 11) is 3.61. The van der Waals surface area contributed by atoms with E-state index in [-0.39, 0.29) is 0 Å². The summed E-state index contributed by atoms with van der Waals surface area (Å²) in [6.07, 6.45) is 0. The van der Waals surface area contributed by atoms with Gasteiger partial charge in [-0.15, -0.1) is 0 Å². The minimum atomic E-state index is 0.682. The molecule has 1 aliphatic heterocycles. The minimum Gasteiger partial charge on any atom is -0.378 e. The first-order valence-electron chi connectivity index (χ1n) is 5.04. The van der Waals surface area contributed by atoms with E-state index in [4.69, 9.17) is 16.3 Å². The lowest BCUT2D eigenvalue weighted by Crippen LogP contribution is -2.40. The maximum atomic E-state index is 6.23. The van der Waals surface area contributed by atoms with E-state index >= 15 is 0 Å². The van der Waals surface area contributed by atoms with Gasteiger partial charge in [-0.1, -0.05) is 11.6 Å². The van der Waals surface area contributed by atoms with Crippen LogP contribution in [0.3, 0.4) is 0 Å². The van der Waals surface area contributed by atoms with E-state index in [1.807, 2.05) is 14.0 Å². The average Bonchev–Trinajstić information content (AvgIpc) is 2.30. The van der Waals surface area contributed by atoms with Gasteiger partial charge in [-0.05, 0) is 6.92 Å². The van der Waals surface area contributed by atoms with E-state index in [9.17, 15) is 0 Å². The Balaban J connectivity index is 2.84. The van der Waals surface area contributed by atoms with Crippen molar-refractivity contribution in [3.63, 3.8) is 0 Å². The number of hydrogen-bond donors (Lipinski definition) is 1. The van der Waals surface area contributed by atoms with E-state index in [2.05, 4.69) is 15.2 Å². The first kappa shape index (κ1) is 12.3. The van der Waals surface area contributed by atoms with Crippen LogP contribution in [0.25, 0.3) is 0 Å². The van der Waals surface area contributed by atoms with Crippen LogP contribution in [0.1, 0.15) is 6.92 Å². The number of aliphatic imine (C=N–C) groups is 1. The molecule has 0 aromatic rings. The molecule has 1 N–H and O–H groups in total. The quantitative estimate of drug-likeness (QED) is 0.738. The molecule has 0 aromatic carbocycles.